The van der Waals surface area contributed by atoms with Gasteiger partial charge in [-0.2, -0.15) is 0 Å². The minimum absolute atomic E-state index is 0.341. The van der Waals surface area contributed by atoms with Gasteiger partial charge in [-0.1, -0.05) is 0 Å². The Morgan fingerprint density at radius 2 is 1.76 bits per heavy atom. The molecule has 0 aromatic carbocycles. The van der Waals surface area contributed by atoms with E-state index in [2.05, 4.69) is 10.6 Å². The van der Waals surface area contributed by atoms with Crippen molar-refractivity contribution in [3.05, 3.63) is 0 Å². The Kier molecular flexibility index (Phi) is 5.48. The highest BCUT2D eigenvalue weighted by Gasteiger charge is 2.16. The fourth-order valence-electron chi connectivity index (χ4n) is 2.29. The zero-order valence-corrected chi connectivity index (χ0v) is 11.1. The summed E-state index contributed by atoms with van der Waals surface area (Å²) in [5, 5.41) is 7.16. The molecule has 0 aromatic rings. The lowest BCUT2D eigenvalue weighted by atomic mass is 10.2. The summed E-state index contributed by atoms with van der Waals surface area (Å²) in [5.41, 5.74) is 0. The molecule has 4 nitrogen and oxygen atoms in total. The second-order valence-electron chi connectivity index (χ2n) is 4.70. The third-order valence-corrected chi connectivity index (χ3v) is 3.58. The normalized spacial score (nSPS) is 28.2. The van der Waals surface area contributed by atoms with Gasteiger partial charge in [-0.05, 0) is 44.3 Å². The molecule has 0 bridgehead atoms. The number of rotatable bonds is 5. The molecule has 2 rings (SSSR count). The predicted octanol–water partition coefficient (Wildman–Crippen LogP) is 1.20. The molecular formula is C12H22N2O2S. The Morgan fingerprint density at radius 3 is 2.41 bits per heavy atom. The molecule has 0 aliphatic carbocycles. The zero-order chi connectivity index (χ0) is 11.9. The highest BCUT2D eigenvalue weighted by molar-refractivity contribution is 7.80. The van der Waals surface area contributed by atoms with Crippen molar-refractivity contribution in [1.82, 2.24) is 10.6 Å². The highest BCUT2D eigenvalue weighted by atomic mass is 32.1. The summed E-state index contributed by atoms with van der Waals surface area (Å²) in [6.07, 6.45) is 6.53. The molecule has 2 N–H and O–H groups in total. The molecule has 0 aromatic heterocycles. The molecular weight excluding hydrogens is 236 g/mol. The lowest BCUT2D eigenvalue weighted by Gasteiger charge is -2.15. The number of nitrogens with one attached hydrogen (secondary N) is 2. The third kappa shape index (κ3) is 4.77. The van der Waals surface area contributed by atoms with Crippen LogP contribution in [-0.2, 0) is 9.47 Å². The highest BCUT2D eigenvalue weighted by Crippen LogP contribution is 2.14. The Labute approximate surface area is 108 Å². The molecule has 98 valence electrons. The van der Waals surface area contributed by atoms with Crippen molar-refractivity contribution in [3.63, 3.8) is 0 Å². The second kappa shape index (κ2) is 7.13. The first-order chi connectivity index (χ1) is 8.34. The Balaban J connectivity index is 1.48. The molecule has 0 saturated carbocycles. The maximum absolute atomic E-state index is 5.55. The summed E-state index contributed by atoms with van der Waals surface area (Å²) in [5.74, 6) is 0. The first kappa shape index (κ1) is 13.1. The summed E-state index contributed by atoms with van der Waals surface area (Å²) in [7, 11) is 0. The molecule has 2 saturated heterocycles. The Hall–Kier alpha value is -0.390. The van der Waals surface area contributed by atoms with Gasteiger partial charge in [-0.3, -0.25) is 0 Å². The summed E-state index contributed by atoms with van der Waals surface area (Å²) in [4.78, 5) is 0. The van der Waals surface area contributed by atoms with Crippen molar-refractivity contribution < 1.29 is 9.47 Å². The smallest absolute Gasteiger partial charge is 0.166 e. The van der Waals surface area contributed by atoms with Crippen molar-refractivity contribution in [2.45, 2.75) is 44.3 Å². The Bertz CT molecular complexity index is 239. The van der Waals surface area contributed by atoms with E-state index in [1.54, 1.807) is 0 Å². The number of hydrogen-bond donors (Lipinski definition) is 2. The quantitative estimate of drug-likeness (QED) is 0.725. The molecule has 2 atom stereocenters. The average Bonchev–Trinajstić information content (AvgIpc) is 2.99. The largest absolute Gasteiger partial charge is 0.378 e. The van der Waals surface area contributed by atoms with E-state index < -0.39 is 0 Å². The molecule has 0 radical (unpaired) electrons. The van der Waals surface area contributed by atoms with Crippen LogP contribution in [0.25, 0.3) is 0 Å². The van der Waals surface area contributed by atoms with Gasteiger partial charge in [-0.15, -0.1) is 0 Å². The Morgan fingerprint density at radius 1 is 1.06 bits per heavy atom. The molecule has 0 amide bonds. The number of hydrogen-bond acceptors (Lipinski definition) is 3. The van der Waals surface area contributed by atoms with Crippen molar-refractivity contribution in [1.29, 1.82) is 0 Å². The van der Waals surface area contributed by atoms with Gasteiger partial charge in [0, 0.05) is 26.3 Å². The summed E-state index contributed by atoms with van der Waals surface area (Å²) in [6, 6.07) is 0. The molecule has 5 heteroatoms. The van der Waals surface area contributed by atoms with Crippen LogP contribution in [-0.4, -0.2) is 43.6 Å². The van der Waals surface area contributed by atoms with Gasteiger partial charge >= 0.3 is 0 Å². The van der Waals surface area contributed by atoms with E-state index in [0.717, 1.165) is 44.3 Å². The van der Waals surface area contributed by atoms with E-state index in [9.17, 15) is 0 Å². The van der Waals surface area contributed by atoms with Crippen LogP contribution >= 0.6 is 12.2 Å². The second-order valence-corrected chi connectivity index (χ2v) is 5.10. The van der Waals surface area contributed by atoms with Gasteiger partial charge in [0.15, 0.2) is 5.11 Å². The summed E-state index contributed by atoms with van der Waals surface area (Å²) in [6.45, 7) is 3.53. The van der Waals surface area contributed by atoms with Gasteiger partial charge in [0.1, 0.15) is 0 Å². The van der Waals surface area contributed by atoms with Crippen molar-refractivity contribution >= 4 is 17.3 Å². The lowest BCUT2D eigenvalue weighted by molar-refractivity contribution is 0.105. The van der Waals surface area contributed by atoms with E-state index in [1.165, 1.54) is 19.3 Å². The minimum Gasteiger partial charge on any atom is -0.378 e. The van der Waals surface area contributed by atoms with Crippen LogP contribution in [0.1, 0.15) is 32.1 Å². The summed E-state index contributed by atoms with van der Waals surface area (Å²) < 4.78 is 11.1. The lowest BCUT2D eigenvalue weighted by Crippen LogP contribution is -2.40. The first-order valence-corrected chi connectivity index (χ1v) is 7.00. The van der Waals surface area contributed by atoms with E-state index >= 15 is 0 Å². The van der Waals surface area contributed by atoms with E-state index in [1.807, 2.05) is 0 Å². The van der Waals surface area contributed by atoms with Crippen molar-refractivity contribution in [2.24, 2.45) is 0 Å². The van der Waals surface area contributed by atoms with Crippen LogP contribution in [0, 0.1) is 0 Å². The molecule has 2 aliphatic rings. The maximum Gasteiger partial charge on any atom is 0.166 e. The van der Waals surface area contributed by atoms with Crippen LogP contribution in [0.3, 0.4) is 0 Å². The molecule has 2 unspecified atom stereocenters. The van der Waals surface area contributed by atoms with Crippen molar-refractivity contribution in [2.75, 3.05) is 26.3 Å². The molecule has 17 heavy (non-hydrogen) atoms. The molecule has 2 heterocycles. The van der Waals surface area contributed by atoms with Gasteiger partial charge in [0.2, 0.25) is 0 Å². The third-order valence-electron chi connectivity index (χ3n) is 3.29. The van der Waals surface area contributed by atoms with Crippen LogP contribution in [0.4, 0.5) is 0 Å². The maximum atomic E-state index is 5.55. The van der Waals surface area contributed by atoms with Crippen LogP contribution in [0.5, 0.6) is 0 Å². The standard InChI is InChI=1S/C12H22N2O2S/c17-12(14-9-11-4-2-8-16-11)13-6-5-10-3-1-7-15-10/h10-11H,1-9H2,(H2,13,14,17). The predicted molar refractivity (Wildman–Crippen MR) is 71.2 cm³/mol. The first-order valence-electron chi connectivity index (χ1n) is 6.59. The molecule has 2 fully saturated rings. The van der Waals surface area contributed by atoms with Gasteiger partial charge in [0.25, 0.3) is 0 Å². The van der Waals surface area contributed by atoms with E-state index in [0.29, 0.717) is 12.2 Å². The fourth-order valence-corrected chi connectivity index (χ4v) is 2.48. The number of thiocarbonyl (C=S) groups is 1. The van der Waals surface area contributed by atoms with Gasteiger partial charge < -0.3 is 20.1 Å². The van der Waals surface area contributed by atoms with Crippen LogP contribution in [0.15, 0.2) is 0 Å². The monoisotopic (exact) mass is 258 g/mol. The van der Waals surface area contributed by atoms with E-state index in [-0.39, 0.29) is 0 Å². The van der Waals surface area contributed by atoms with E-state index in [4.69, 9.17) is 21.7 Å². The average molecular weight is 258 g/mol. The number of ether oxygens (including phenoxy) is 2. The minimum atomic E-state index is 0.341. The van der Waals surface area contributed by atoms with Gasteiger partial charge in [0.05, 0.1) is 12.2 Å². The molecule has 2 aliphatic heterocycles. The molecule has 0 spiro atoms. The van der Waals surface area contributed by atoms with Gasteiger partial charge in [-0.25, -0.2) is 0 Å². The van der Waals surface area contributed by atoms with Crippen molar-refractivity contribution in [3.8, 4) is 0 Å². The topological polar surface area (TPSA) is 42.5 Å². The zero-order valence-electron chi connectivity index (χ0n) is 10.2. The SMILES string of the molecule is S=C(NCCC1CCCO1)NCC1CCCO1. The van der Waals surface area contributed by atoms with Crippen LogP contribution in [0.2, 0.25) is 0 Å². The fraction of sp³-hybridized carbons (Fsp3) is 0.917. The van der Waals surface area contributed by atoms with Crippen LogP contribution < -0.4 is 10.6 Å². The summed E-state index contributed by atoms with van der Waals surface area (Å²) >= 11 is 5.21.